The first-order valence-electron chi connectivity index (χ1n) is 8.05. The van der Waals surface area contributed by atoms with Gasteiger partial charge in [0, 0.05) is 10.6 Å². The Labute approximate surface area is 161 Å². The van der Waals surface area contributed by atoms with Gasteiger partial charge in [0.05, 0.1) is 0 Å². The van der Waals surface area contributed by atoms with Crippen molar-refractivity contribution >= 4 is 29.4 Å². The number of hydrogen-bond acceptors (Lipinski definition) is 5. The van der Waals surface area contributed by atoms with Gasteiger partial charge in [-0.25, -0.2) is 4.79 Å². The molecule has 0 unspecified atom stereocenters. The highest BCUT2D eigenvalue weighted by Crippen LogP contribution is 2.16. The van der Waals surface area contributed by atoms with E-state index < -0.39 is 24.4 Å². The molecule has 0 heterocycles. The van der Waals surface area contributed by atoms with Gasteiger partial charge in [-0.05, 0) is 61.4 Å². The molecular weight excluding hydrogens is 372 g/mol. The highest BCUT2D eigenvalue weighted by atomic mass is 35.5. The van der Waals surface area contributed by atoms with Gasteiger partial charge in [0.2, 0.25) is 0 Å². The average Bonchev–Trinajstić information content (AvgIpc) is 2.62. The zero-order valence-corrected chi connectivity index (χ0v) is 15.6. The van der Waals surface area contributed by atoms with Crippen LogP contribution in [-0.4, -0.2) is 31.0 Å². The summed E-state index contributed by atoms with van der Waals surface area (Å²) in [7, 11) is 0. The molecule has 142 valence electrons. The average molecular weight is 391 g/mol. The highest BCUT2D eigenvalue weighted by Gasteiger charge is 2.11. The number of hydrogen-bond donors (Lipinski definition) is 2. The molecule has 2 aromatic carbocycles. The van der Waals surface area contributed by atoms with Crippen molar-refractivity contribution in [3.05, 3.63) is 64.2 Å². The Hall–Kier alpha value is -3.06. The maximum absolute atomic E-state index is 11.8. The van der Waals surface area contributed by atoms with Crippen LogP contribution in [0.5, 0.6) is 5.75 Å². The van der Waals surface area contributed by atoms with Crippen LogP contribution in [0.1, 0.15) is 21.5 Å². The molecule has 2 amide bonds. The Morgan fingerprint density at radius 2 is 1.56 bits per heavy atom. The standard InChI is InChI=1S/C19H19ClN2O5/c1-12-7-13(2)9-16(8-12)26-11-18(24)27-10-17(23)21-22-19(25)14-3-5-15(20)6-4-14/h3-9H,10-11H2,1-2H3,(H,21,23)(H,22,25). The highest BCUT2D eigenvalue weighted by molar-refractivity contribution is 6.30. The minimum atomic E-state index is -0.701. The maximum atomic E-state index is 11.8. The number of carbonyl (C=O) groups is 3. The van der Waals surface area contributed by atoms with Crippen LogP contribution in [0.15, 0.2) is 42.5 Å². The summed E-state index contributed by atoms with van der Waals surface area (Å²) in [5.41, 5.74) is 6.69. The number of aryl methyl sites for hydroxylation is 2. The van der Waals surface area contributed by atoms with E-state index >= 15 is 0 Å². The van der Waals surface area contributed by atoms with Crippen molar-refractivity contribution in [1.29, 1.82) is 0 Å². The van der Waals surface area contributed by atoms with E-state index in [-0.39, 0.29) is 6.61 Å². The van der Waals surface area contributed by atoms with Crippen LogP contribution in [-0.2, 0) is 14.3 Å². The van der Waals surface area contributed by atoms with E-state index in [1.54, 1.807) is 24.3 Å². The molecule has 0 aromatic heterocycles. The number of rotatable bonds is 6. The monoisotopic (exact) mass is 390 g/mol. The number of amides is 2. The van der Waals surface area contributed by atoms with Crippen molar-refractivity contribution in [2.45, 2.75) is 13.8 Å². The third-order valence-electron chi connectivity index (χ3n) is 3.34. The first-order valence-corrected chi connectivity index (χ1v) is 8.43. The van der Waals surface area contributed by atoms with E-state index in [1.807, 2.05) is 19.9 Å². The Morgan fingerprint density at radius 1 is 0.926 bits per heavy atom. The molecule has 2 N–H and O–H groups in total. The molecule has 2 rings (SSSR count). The van der Waals surface area contributed by atoms with Crippen molar-refractivity contribution in [2.75, 3.05) is 13.2 Å². The zero-order valence-electron chi connectivity index (χ0n) is 14.9. The third kappa shape index (κ3) is 6.99. The molecule has 0 saturated carbocycles. The van der Waals surface area contributed by atoms with Crippen molar-refractivity contribution in [3.8, 4) is 5.75 Å². The van der Waals surface area contributed by atoms with Gasteiger partial charge >= 0.3 is 5.97 Å². The van der Waals surface area contributed by atoms with E-state index in [0.29, 0.717) is 16.3 Å². The predicted molar refractivity (Wildman–Crippen MR) is 99.4 cm³/mol. The lowest BCUT2D eigenvalue weighted by molar-refractivity contribution is -0.150. The number of ether oxygens (including phenoxy) is 2. The molecule has 8 heteroatoms. The SMILES string of the molecule is Cc1cc(C)cc(OCC(=O)OCC(=O)NNC(=O)c2ccc(Cl)cc2)c1. The first kappa shape index (κ1) is 20.3. The van der Waals surface area contributed by atoms with Crippen LogP contribution in [0.25, 0.3) is 0 Å². The Bertz CT molecular complexity index is 816. The lowest BCUT2D eigenvalue weighted by Gasteiger charge is -2.09. The minimum absolute atomic E-state index is 0.318. The summed E-state index contributed by atoms with van der Waals surface area (Å²) in [6, 6.07) is 11.7. The molecule has 2 aromatic rings. The van der Waals surface area contributed by atoms with Crippen molar-refractivity contribution < 1.29 is 23.9 Å². The molecule has 27 heavy (non-hydrogen) atoms. The van der Waals surface area contributed by atoms with Crippen molar-refractivity contribution in [3.63, 3.8) is 0 Å². The van der Waals surface area contributed by atoms with Gasteiger partial charge in [-0.15, -0.1) is 0 Å². The van der Waals surface area contributed by atoms with Gasteiger partial charge in [-0.2, -0.15) is 0 Å². The topological polar surface area (TPSA) is 93.7 Å². The van der Waals surface area contributed by atoms with E-state index in [0.717, 1.165) is 11.1 Å². The molecule has 7 nitrogen and oxygen atoms in total. The summed E-state index contributed by atoms with van der Waals surface area (Å²) in [4.78, 5) is 35.1. The predicted octanol–water partition coefficient (Wildman–Crippen LogP) is 2.34. The lowest BCUT2D eigenvalue weighted by Crippen LogP contribution is -2.43. The number of nitrogens with one attached hydrogen (secondary N) is 2. The molecule has 0 aliphatic carbocycles. The quantitative estimate of drug-likeness (QED) is 0.583. The third-order valence-corrected chi connectivity index (χ3v) is 3.59. The Kier molecular flexibility index (Phi) is 7.19. The Morgan fingerprint density at radius 3 is 2.19 bits per heavy atom. The lowest BCUT2D eigenvalue weighted by atomic mass is 10.1. The molecule has 0 fully saturated rings. The minimum Gasteiger partial charge on any atom is -0.482 e. The fraction of sp³-hybridized carbons (Fsp3) is 0.211. The van der Waals surface area contributed by atoms with Gasteiger partial charge in [0.25, 0.3) is 11.8 Å². The van der Waals surface area contributed by atoms with Crippen LogP contribution < -0.4 is 15.6 Å². The fourth-order valence-electron chi connectivity index (χ4n) is 2.18. The number of halogens is 1. The second-order valence-electron chi connectivity index (χ2n) is 5.78. The summed E-state index contributed by atoms with van der Waals surface area (Å²) in [5, 5.41) is 0.491. The van der Waals surface area contributed by atoms with Crippen LogP contribution in [0, 0.1) is 13.8 Å². The number of benzene rings is 2. The van der Waals surface area contributed by atoms with E-state index in [4.69, 9.17) is 21.1 Å². The van der Waals surface area contributed by atoms with Gasteiger partial charge < -0.3 is 9.47 Å². The summed E-state index contributed by atoms with van der Waals surface area (Å²) in [5.74, 6) is -1.36. The molecule has 0 saturated heterocycles. The van der Waals surface area contributed by atoms with Gasteiger partial charge in [0.1, 0.15) is 5.75 Å². The summed E-state index contributed by atoms with van der Waals surface area (Å²) < 4.78 is 10.1. The fourth-order valence-corrected chi connectivity index (χ4v) is 2.31. The van der Waals surface area contributed by atoms with Crippen molar-refractivity contribution in [1.82, 2.24) is 10.9 Å². The Balaban J connectivity index is 1.69. The maximum Gasteiger partial charge on any atom is 0.344 e. The van der Waals surface area contributed by atoms with Crippen LogP contribution in [0.3, 0.4) is 0 Å². The van der Waals surface area contributed by atoms with Gasteiger partial charge in [0.15, 0.2) is 13.2 Å². The normalized spacial score (nSPS) is 10.0. The van der Waals surface area contributed by atoms with Gasteiger partial charge in [-0.3, -0.25) is 20.4 Å². The van der Waals surface area contributed by atoms with Crippen LogP contribution in [0.2, 0.25) is 5.02 Å². The van der Waals surface area contributed by atoms with Gasteiger partial charge in [-0.1, -0.05) is 17.7 Å². The zero-order chi connectivity index (χ0) is 19.8. The molecule has 0 aliphatic rings. The number of carbonyl (C=O) groups excluding carboxylic acids is 3. The number of hydrazine groups is 1. The molecule has 0 spiro atoms. The number of esters is 1. The smallest absolute Gasteiger partial charge is 0.344 e. The second kappa shape index (κ2) is 9.59. The molecule has 0 radical (unpaired) electrons. The van der Waals surface area contributed by atoms with E-state index in [2.05, 4.69) is 10.9 Å². The van der Waals surface area contributed by atoms with Crippen LogP contribution >= 0.6 is 11.6 Å². The molecule has 0 atom stereocenters. The molecular formula is C19H19ClN2O5. The van der Waals surface area contributed by atoms with E-state index in [1.165, 1.54) is 12.1 Å². The van der Waals surface area contributed by atoms with Crippen LogP contribution in [0.4, 0.5) is 0 Å². The summed E-state index contributed by atoms with van der Waals surface area (Å²) in [6.07, 6.45) is 0. The summed E-state index contributed by atoms with van der Waals surface area (Å²) >= 11 is 5.73. The largest absolute Gasteiger partial charge is 0.482 e. The second-order valence-corrected chi connectivity index (χ2v) is 6.22. The van der Waals surface area contributed by atoms with E-state index in [9.17, 15) is 14.4 Å². The molecule has 0 bridgehead atoms. The first-order chi connectivity index (χ1) is 12.8. The van der Waals surface area contributed by atoms with Crippen molar-refractivity contribution in [2.24, 2.45) is 0 Å². The summed E-state index contributed by atoms with van der Waals surface area (Å²) in [6.45, 7) is 2.96. The molecule has 0 aliphatic heterocycles.